The van der Waals surface area contributed by atoms with Gasteiger partial charge in [-0.2, -0.15) is 9.97 Å². The van der Waals surface area contributed by atoms with E-state index in [2.05, 4.69) is 27.8 Å². The second-order valence-electron chi connectivity index (χ2n) is 15.4. The molecule has 3 unspecified atom stereocenters. The van der Waals surface area contributed by atoms with Crippen molar-refractivity contribution in [2.24, 2.45) is 0 Å². The van der Waals surface area contributed by atoms with Gasteiger partial charge in [-0.05, 0) is 69.3 Å². The monoisotopic (exact) mass is 825 g/mol. The lowest BCUT2D eigenvalue weighted by molar-refractivity contribution is -0.130. The predicted molar refractivity (Wildman–Crippen MR) is 223 cm³/mol. The highest BCUT2D eigenvalue weighted by Gasteiger charge is 2.50. The Morgan fingerprint density at radius 2 is 1.92 bits per heavy atom. The topological polar surface area (TPSA) is 128 Å². The molecule has 12 nitrogen and oxygen atoms in total. The average molecular weight is 826 g/mol. The number of aromatic nitrogens is 3. The first-order valence-corrected chi connectivity index (χ1v) is 20.3. The maximum absolute atomic E-state index is 17.4. The van der Waals surface area contributed by atoms with Gasteiger partial charge in [0.25, 0.3) is 6.47 Å². The van der Waals surface area contributed by atoms with Gasteiger partial charge in [-0.1, -0.05) is 47.9 Å². The molecule has 4 aliphatic heterocycles. The molecule has 5 aromatic rings. The molecule has 59 heavy (non-hydrogen) atoms. The third-order valence-corrected chi connectivity index (χ3v) is 12.4. The molecule has 3 aromatic carbocycles. The summed E-state index contributed by atoms with van der Waals surface area (Å²) in [6, 6.07) is 11.4. The molecule has 4 aliphatic rings. The third-order valence-electron chi connectivity index (χ3n) is 12.1. The van der Waals surface area contributed by atoms with Crippen LogP contribution in [0.1, 0.15) is 49.8 Å². The molecule has 15 heteroatoms. The van der Waals surface area contributed by atoms with E-state index in [1.54, 1.807) is 36.5 Å². The van der Waals surface area contributed by atoms with Gasteiger partial charge in [0.15, 0.2) is 11.6 Å². The SMILES string of the molecule is C#Cc1c(F)ccc2cccc(-c3c(Cl)c4c5c(nc(OCC67CCCN6C(COC=O)CC7)nc5c3F)N(C(C)c3cccnc3N)CCO4)c12.CN1CCOCC1. The number of hydrogen-bond acceptors (Lipinski definition) is 12. The maximum Gasteiger partial charge on any atom is 0.319 e. The minimum atomic E-state index is -0.761. The molecule has 6 heterocycles. The average Bonchev–Trinajstić information content (AvgIpc) is 3.75. The summed E-state index contributed by atoms with van der Waals surface area (Å²) in [6.07, 6.45) is 10.9. The normalized spacial score (nSPS) is 20.9. The Balaban J connectivity index is 0.000000628. The number of ether oxygens (including phenoxy) is 4. The zero-order valence-electron chi connectivity index (χ0n) is 33.1. The lowest BCUT2D eigenvalue weighted by Gasteiger charge is -2.34. The molecular formula is C44H46ClF2N7O5. The van der Waals surface area contributed by atoms with E-state index in [4.69, 9.17) is 52.7 Å². The van der Waals surface area contributed by atoms with Gasteiger partial charge in [0.05, 0.1) is 47.3 Å². The van der Waals surface area contributed by atoms with Crippen molar-refractivity contribution in [2.45, 2.75) is 50.2 Å². The van der Waals surface area contributed by atoms with Crippen LogP contribution in [-0.2, 0) is 14.3 Å². The molecule has 308 valence electrons. The largest absolute Gasteiger partial charge is 0.489 e. The number of pyridine rings is 1. The van der Waals surface area contributed by atoms with Gasteiger partial charge in [0.2, 0.25) is 0 Å². The first-order valence-electron chi connectivity index (χ1n) is 19.9. The molecule has 2 aromatic heterocycles. The summed E-state index contributed by atoms with van der Waals surface area (Å²) < 4.78 is 55.5. The van der Waals surface area contributed by atoms with E-state index >= 15 is 8.78 Å². The van der Waals surface area contributed by atoms with E-state index in [1.807, 2.05) is 17.9 Å². The van der Waals surface area contributed by atoms with E-state index in [-0.39, 0.29) is 69.6 Å². The number of carbonyl (C=O) groups excluding carboxylic acids is 1. The van der Waals surface area contributed by atoms with Gasteiger partial charge < -0.3 is 34.5 Å². The van der Waals surface area contributed by atoms with Crippen LogP contribution in [0.4, 0.5) is 20.4 Å². The number of nitrogen functional groups attached to an aromatic ring is 1. The van der Waals surface area contributed by atoms with E-state index in [0.717, 1.165) is 64.1 Å². The second-order valence-corrected chi connectivity index (χ2v) is 15.8. The Morgan fingerprint density at radius 1 is 1.08 bits per heavy atom. The molecule has 3 saturated heterocycles. The summed E-state index contributed by atoms with van der Waals surface area (Å²) in [5.41, 5.74) is 6.95. The molecule has 0 radical (unpaired) electrons. The number of carbonyl (C=O) groups is 1. The number of hydrogen-bond donors (Lipinski definition) is 1. The molecule has 3 atom stereocenters. The summed E-state index contributed by atoms with van der Waals surface area (Å²) in [4.78, 5) is 31.4. The molecule has 0 amide bonds. The van der Waals surface area contributed by atoms with E-state index < -0.39 is 11.6 Å². The highest BCUT2D eigenvalue weighted by atomic mass is 35.5. The van der Waals surface area contributed by atoms with Crippen LogP contribution in [0, 0.1) is 24.0 Å². The third kappa shape index (κ3) is 7.57. The lowest BCUT2D eigenvalue weighted by atomic mass is 9.93. The van der Waals surface area contributed by atoms with Crippen LogP contribution >= 0.6 is 11.6 Å². The summed E-state index contributed by atoms with van der Waals surface area (Å²) in [5, 5.41) is 1.20. The van der Waals surface area contributed by atoms with Gasteiger partial charge in [-0.3, -0.25) is 9.69 Å². The fraction of sp³-hybridized carbons (Fsp3) is 0.409. The van der Waals surface area contributed by atoms with E-state index in [9.17, 15) is 4.79 Å². The number of nitrogens with two attached hydrogens (primary N) is 1. The number of halogens is 3. The van der Waals surface area contributed by atoms with Crippen LogP contribution in [-0.4, -0.2) is 109 Å². The predicted octanol–water partition coefficient (Wildman–Crippen LogP) is 6.80. The van der Waals surface area contributed by atoms with Gasteiger partial charge in [0, 0.05) is 41.8 Å². The van der Waals surface area contributed by atoms with E-state index in [0.29, 0.717) is 47.6 Å². The van der Waals surface area contributed by atoms with Crippen molar-refractivity contribution in [3.05, 3.63) is 76.4 Å². The van der Waals surface area contributed by atoms with Crippen LogP contribution in [0.25, 0.3) is 32.8 Å². The van der Waals surface area contributed by atoms with Gasteiger partial charge in [-0.15, -0.1) is 6.42 Å². The number of nitrogens with zero attached hydrogens (tertiary/aromatic N) is 6. The Labute approximate surface area is 346 Å². The summed E-state index contributed by atoms with van der Waals surface area (Å²) in [6.45, 7) is 8.36. The number of likely N-dealkylation sites (N-methyl/N-ethyl adjacent to an activating group) is 1. The van der Waals surface area contributed by atoms with Crippen molar-refractivity contribution in [1.29, 1.82) is 0 Å². The zero-order valence-corrected chi connectivity index (χ0v) is 33.8. The molecule has 0 spiro atoms. The van der Waals surface area contributed by atoms with Crippen LogP contribution in [0.5, 0.6) is 11.8 Å². The summed E-state index contributed by atoms with van der Waals surface area (Å²) in [7, 11) is 2.11. The number of fused-ring (bicyclic) bond motifs is 2. The fourth-order valence-electron chi connectivity index (χ4n) is 9.06. The highest BCUT2D eigenvalue weighted by molar-refractivity contribution is 6.37. The first kappa shape index (κ1) is 40.4. The van der Waals surface area contributed by atoms with Crippen LogP contribution in [0.2, 0.25) is 5.02 Å². The van der Waals surface area contributed by atoms with Gasteiger partial charge in [-0.25, -0.2) is 13.8 Å². The van der Waals surface area contributed by atoms with Crippen LogP contribution in [0.15, 0.2) is 48.7 Å². The molecule has 0 aliphatic carbocycles. The van der Waals surface area contributed by atoms with Crippen molar-refractivity contribution in [1.82, 2.24) is 24.8 Å². The first-order chi connectivity index (χ1) is 28.7. The Hall–Kier alpha value is -5.33. The fourth-order valence-corrected chi connectivity index (χ4v) is 9.39. The minimum Gasteiger partial charge on any atom is -0.489 e. The number of anilines is 2. The van der Waals surface area contributed by atoms with Crippen LogP contribution < -0.4 is 20.1 Å². The van der Waals surface area contributed by atoms with Crippen molar-refractivity contribution in [3.63, 3.8) is 0 Å². The molecule has 0 bridgehead atoms. The molecule has 9 rings (SSSR count). The zero-order chi connectivity index (χ0) is 41.3. The number of morpholine rings is 1. The van der Waals surface area contributed by atoms with E-state index in [1.165, 1.54) is 6.07 Å². The maximum atomic E-state index is 17.4. The Kier molecular flexibility index (Phi) is 11.7. The standard InChI is InChI=1S/C39H35ClF2N6O4.C5H11NO/c1-3-25-28(41)11-10-23-7-4-8-27(29(23)25)30-32(40)35-31-34(33(30)42)45-38(52-20-39-13-6-16-48(39)24(12-14-39)19-50-21-49)46-37(31)47(17-18-51-35)22(2)26-9-5-15-44-36(26)43;1-6-2-4-7-5-3-6/h1,4-5,7-11,15,21-22,24H,6,12-14,16-20H2,2H3,(H2,43,44);2-5H2,1H3. The number of benzene rings is 3. The highest BCUT2D eigenvalue weighted by Crippen LogP contribution is 2.50. The van der Waals surface area contributed by atoms with Crippen molar-refractivity contribution in [3.8, 4) is 35.2 Å². The number of terminal acetylenes is 1. The molecule has 3 fully saturated rings. The van der Waals surface area contributed by atoms with Crippen LogP contribution in [0.3, 0.4) is 0 Å². The Morgan fingerprint density at radius 3 is 2.66 bits per heavy atom. The minimum absolute atomic E-state index is 0.00862. The lowest BCUT2D eigenvalue weighted by Crippen LogP contribution is -2.47. The van der Waals surface area contributed by atoms with Gasteiger partial charge >= 0.3 is 6.01 Å². The second kappa shape index (κ2) is 17.1. The summed E-state index contributed by atoms with van der Waals surface area (Å²) >= 11 is 7.12. The van der Waals surface area contributed by atoms with Gasteiger partial charge in [0.1, 0.15) is 42.8 Å². The molecule has 0 saturated carbocycles. The van der Waals surface area contributed by atoms with Crippen molar-refractivity contribution in [2.75, 3.05) is 76.9 Å². The van der Waals surface area contributed by atoms with Crippen molar-refractivity contribution >= 4 is 51.4 Å². The Bertz CT molecular complexity index is 2430. The summed E-state index contributed by atoms with van der Waals surface area (Å²) in [5.74, 6) is 1.96. The number of rotatable bonds is 9. The quantitative estimate of drug-likeness (QED) is 0.124. The molecule has 2 N–H and O–H groups in total. The smallest absolute Gasteiger partial charge is 0.319 e. The van der Waals surface area contributed by atoms with Crippen molar-refractivity contribution < 1.29 is 32.5 Å². The molecular weight excluding hydrogens is 780 g/mol.